The second kappa shape index (κ2) is 7.05. The number of nitrogens with one attached hydrogen (secondary N) is 1. The fraction of sp³-hybridized carbons (Fsp3) is 0.444. The van der Waals surface area contributed by atoms with Gasteiger partial charge in [-0.15, -0.1) is 0 Å². The predicted octanol–water partition coefficient (Wildman–Crippen LogP) is 2.15. The fourth-order valence-corrected chi connectivity index (χ4v) is 3.01. The smallest absolute Gasteiger partial charge is 0.244 e. The summed E-state index contributed by atoms with van der Waals surface area (Å²) in [5.74, 6) is 0.101. The Hall–Kier alpha value is -2.34. The first-order valence-corrected chi connectivity index (χ1v) is 8.32. The van der Waals surface area contributed by atoms with E-state index < -0.39 is 0 Å². The van der Waals surface area contributed by atoms with Crippen LogP contribution in [0.3, 0.4) is 0 Å². The van der Waals surface area contributed by atoms with Crippen LogP contribution in [0.25, 0.3) is 5.69 Å². The van der Waals surface area contributed by atoms with Gasteiger partial charge in [0.1, 0.15) is 6.04 Å². The molecule has 1 atom stereocenters. The zero-order chi connectivity index (χ0) is 17.1. The largest absolute Gasteiger partial charge is 0.378 e. The van der Waals surface area contributed by atoms with Gasteiger partial charge in [0.25, 0.3) is 0 Å². The van der Waals surface area contributed by atoms with Crippen LogP contribution in [0.15, 0.2) is 30.3 Å². The number of amides is 1. The highest BCUT2D eigenvalue weighted by Gasteiger charge is 2.24. The third-order valence-corrected chi connectivity index (χ3v) is 4.35. The lowest BCUT2D eigenvalue weighted by Gasteiger charge is -2.29. The van der Waals surface area contributed by atoms with Crippen molar-refractivity contribution in [1.82, 2.24) is 14.7 Å². The zero-order valence-corrected chi connectivity index (χ0v) is 14.5. The molecule has 0 spiro atoms. The van der Waals surface area contributed by atoms with Crippen LogP contribution in [0.1, 0.15) is 18.3 Å². The van der Waals surface area contributed by atoms with Crippen molar-refractivity contribution in [2.45, 2.75) is 26.8 Å². The molecule has 2 heterocycles. The third kappa shape index (κ3) is 3.28. The molecule has 1 aliphatic heterocycles. The molecule has 24 heavy (non-hydrogen) atoms. The Kier molecular flexibility index (Phi) is 4.85. The summed E-state index contributed by atoms with van der Waals surface area (Å²) in [6, 6.07) is 9.70. The summed E-state index contributed by atoms with van der Waals surface area (Å²) in [6.45, 7) is 8.42. The summed E-state index contributed by atoms with van der Waals surface area (Å²) in [7, 11) is 0. The average Bonchev–Trinajstić information content (AvgIpc) is 2.90. The molecule has 0 aliphatic carbocycles. The van der Waals surface area contributed by atoms with Gasteiger partial charge >= 0.3 is 0 Å². The van der Waals surface area contributed by atoms with E-state index in [1.165, 1.54) is 0 Å². The molecule has 1 amide bonds. The van der Waals surface area contributed by atoms with E-state index in [-0.39, 0.29) is 11.9 Å². The molecule has 1 aromatic carbocycles. The molecule has 0 saturated carbocycles. The maximum absolute atomic E-state index is 12.6. The number of rotatable bonds is 4. The molecule has 0 bridgehead atoms. The summed E-state index contributed by atoms with van der Waals surface area (Å²) in [4.78, 5) is 14.4. The Morgan fingerprint density at radius 1 is 1.21 bits per heavy atom. The highest BCUT2D eigenvalue weighted by molar-refractivity contribution is 5.84. The molecule has 1 aromatic heterocycles. The molecule has 1 fully saturated rings. The molecule has 1 saturated heterocycles. The van der Waals surface area contributed by atoms with Gasteiger partial charge in [-0.2, -0.15) is 5.10 Å². The third-order valence-electron chi connectivity index (χ3n) is 4.35. The molecular formula is C18H24N4O2. The van der Waals surface area contributed by atoms with Gasteiger partial charge in [-0.25, -0.2) is 4.68 Å². The number of benzene rings is 1. The van der Waals surface area contributed by atoms with Crippen LogP contribution < -0.4 is 5.32 Å². The quantitative estimate of drug-likeness (QED) is 0.934. The Balaban J connectivity index is 1.77. The average molecular weight is 328 g/mol. The number of aromatic nitrogens is 2. The minimum absolute atomic E-state index is 0.101. The topological polar surface area (TPSA) is 59.4 Å². The number of carbonyl (C=O) groups excluding carboxylic acids is 1. The summed E-state index contributed by atoms with van der Waals surface area (Å²) in [6.07, 6.45) is 0. The van der Waals surface area contributed by atoms with E-state index in [4.69, 9.17) is 4.74 Å². The Bertz CT molecular complexity index is 705. The molecular weight excluding hydrogens is 304 g/mol. The van der Waals surface area contributed by atoms with Crippen molar-refractivity contribution >= 4 is 11.6 Å². The second-order valence-electron chi connectivity index (χ2n) is 6.10. The number of para-hydroxylation sites is 1. The zero-order valence-electron chi connectivity index (χ0n) is 14.5. The number of hydrogen-bond acceptors (Lipinski definition) is 4. The van der Waals surface area contributed by atoms with Crippen LogP contribution >= 0.6 is 0 Å². The number of ether oxygens (including phenoxy) is 1. The van der Waals surface area contributed by atoms with E-state index in [2.05, 4.69) is 10.4 Å². The molecule has 128 valence electrons. The first-order valence-electron chi connectivity index (χ1n) is 8.32. The van der Waals surface area contributed by atoms with Gasteiger partial charge in [0.15, 0.2) is 0 Å². The normalized spacial score (nSPS) is 16.0. The molecule has 0 unspecified atom stereocenters. The highest BCUT2D eigenvalue weighted by atomic mass is 16.5. The lowest BCUT2D eigenvalue weighted by Crippen LogP contribution is -2.47. The standard InChI is InChI=1S/C18H24N4O2/c1-13-17(15(3)22(20-13)16-7-5-4-6-8-16)19-14(2)18(23)21-9-11-24-12-10-21/h4-8,14,19H,9-12H2,1-3H3/t14-/m0/s1. The number of aryl methyl sites for hydroxylation is 1. The van der Waals surface area contributed by atoms with Crippen LogP contribution in [-0.4, -0.2) is 52.9 Å². The van der Waals surface area contributed by atoms with Gasteiger partial charge in [-0.05, 0) is 32.9 Å². The van der Waals surface area contributed by atoms with E-state index >= 15 is 0 Å². The minimum atomic E-state index is -0.297. The molecule has 6 nitrogen and oxygen atoms in total. The van der Waals surface area contributed by atoms with Crippen molar-refractivity contribution in [1.29, 1.82) is 0 Å². The Morgan fingerprint density at radius 2 is 1.88 bits per heavy atom. The van der Waals surface area contributed by atoms with Crippen molar-refractivity contribution in [2.75, 3.05) is 31.6 Å². The lowest BCUT2D eigenvalue weighted by molar-refractivity contribution is -0.135. The van der Waals surface area contributed by atoms with Gasteiger partial charge < -0.3 is 15.0 Å². The number of hydrogen-bond donors (Lipinski definition) is 1. The molecule has 3 rings (SSSR count). The van der Waals surface area contributed by atoms with Crippen LogP contribution in [0, 0.1) is 13.8 Å². The highest BCUT2D eigenvalue weighted by Crippen LogP contribution is 2.23. The van der Waals surface area contributed by atoms with Crippen LogP contribution in [0.2, 0.25) is 0 Å². The van der Waals surface area contributed by atoms with Gasteiger partial charge in [0.2, 0.25) is 5.91 Å². The van der Waals surface area contributed by atoms with Crippen LogP contribution in [-0.2, 0) is 9.53 Å². The minimum Gasteiger partial charge on any atom is -0.378 e. The summed E-state index contributed by atoms with van der Waals surface area (Å²) < 4.78 is 7.22. The fourth-order valence-electron chi connectivity index (χ4n) is 3.01. The lowest BCUT2D eigenvalue weighted by atomic mass is 10.2. The van der Waals surface area contributed by atoms with Crippen LogP contribution in [0.4, 0.5) is 5.69 Å². The van der Waals surface area contributed by atoms with Gasteiger partial charge in [0.05, 0.1) is 36.0 Å². The summed E-state index contributed by atoms with van der Waals surface area (Å²) >= 11 is 0. The van der Waals surface area contributed by atoms with Crippen molar-refractivity contribution in [2.24, 2.45) is 0 Å². The second-order valence-corrected chi connectivity index (χ2v) is 6.10. The first-order chi connectivity index (χ1) is 11.6. The van der Waals surface area contributed by atoms with E-state index in [1.54, 1.807) is 0 Å². The van der Waals surface area contributed by atoms with Crippen LogP contribution in [0.5, 0.6) is 0 Å². The van der Waals surface area contributed by atoms with E-state index in [0.29, 0.717) is 26.3 Å². The number of anilines is 1. The number of morpholine rings is 1. The Labute approximate surface area is 142 Å². The molecule has 6 heteroatoms. The van der Waals surface area contributed by atoms with Gasteiger partial charge in [0, 0.05) is 13.1 Å². The Morgan fingerprint density at radius 3 is 2.54 bits per heavy atom. The summed E-state index contributed by atoms with van der Waals surface area (Å²) in [5.41, 5.74) is 3.82. The van der Waals surface area contributed by atoms with Crippen molar-refractivity contribution in [3.8, 4) is 5.69 Å². The van der Waals surface area contributed by atoms with Gasteiger partial charge in [-0.3, -0.25) is 4.79 Å². The van der Waals surface area contributed by atoms with Crippen molar-refractivity contribution < 1.29 is 9.53 Å². The number of carbonyl (C=O) groups is 1. The van der Waals surface area contributed by atoms with E-state index in [0.717, 1.165) is 22.8 Å². The van der Waals surface area contributed by atoms with Gasteiger partial charge in [-0.1, -0.05) is 18.2 Å². The van der Waals surface area contributed by atoms with E-state index in [1.807, 2.05) is 60.7 Å². The molecule has 1 aliphatic rings. The first kappa shape index (κ1) is 16.5. The summed E-state index contributed by atoms with van der Waals surface area (Å²) in [5, 5.41) is 7.96. The molecule has 0 radical (unpaired) electrons. The molecule has 1 N–H and O–H groups in total. The maximum atomic E-state index is 12.6. The maximum Gasteiger partial charge on any atom is 0.244 e. The monoisotopic (exact) mass is 328 g/mol. The SMILES string of the molecule is Cc1nn(-c2ccccc2)c(C)c1N[C@@H](C)C(=O)N1CCOCC1. The molecule has 2 aromatic rings. The predicted molar refractivity (Wildman–Crippen MR) is 93.5 cm³/mol. The van der Waals surface area contributed by atoms with Crippen molar-refractivity contribution in [3.05, 3.63) is 41.7 Å². The van der Waals surface area contributed by atoms with Crippen molar-refractivity contribution in [3.63, 3.8) is 0 Å². The number of nitrogens with zero attached hydrogens (tertiary/aromatic N) is 3. The van der Waals surface area contributed by atoms with E-state index in [9.17, 15) is 4.79 Å².